The van der Waals surface area contributed by atoms with Crippen molar-refractivity contribution in [1.82, 2.24) is 0 Å². The van der Waals surface area contributed by atoms with E-state index in [1.165, 1.54) is 0 Å². The summed E-state index contributed by atoms with van der Waals surface area (Å²) in [5, 5.41) is 9.30. The van der Waals surface area contributed by atoms with Crippen molar-refractivity contribution in [2.75, 3.05) is 0 Å². The number of benzene rings is 1. The predicted octanol–water partition coefficient (Wildman–Crippen LogP) is 3.44. The van der Waals surface area contributed by atoms with Gasteiger partial charge >= 0.3 is 5.97 Å². The van der Waals surface area contributed by atoms with Gasteiger partial charge in [0, 0.05) is 15.9 Å². The van der Waals surface area contributed by atoms with E-state index in [2.05, 4.69) is 22.5 Å². The van der Waals surface area contributed by atoms with Gasteiger partial charge in [-0.25, -0.2) is 4.79 Å². The standard InChI is InChI=1S/C10H8BrClO2/c1-6(12)4-7-5-8(11)2-3-9(7)10(13)14/h2-3,5H,1,4H2,(H,13,14). The first-order valence-electron chi connectivity index (χ1n) is 3.85. The van der Waals surface area contributed by atoms with E-state index >= 15 is 0 Å². The van der Waals surface area contributed by atoms with E-state index in [0.717, 1.165) is 4.47 Å². The van der Waals surface area contributed by atoms with Crippen LogP contribution in [0.2, 0.25) is 0 Å². The summed E-state index contributed by atoms with van der Waals surface area (Å²) in [6, 6.07) is 4.96. The lowest BCUT2D eigenvalue weighted by molar-refractivity contribution is 0.0696. The Kier molecular flexibility index (Phi) is 3.72. The summed E-state index contributed by atoms with van der Waals surface area (Å²) in [6.45, 7) is 3.54. The maximum atomic E-state index is 10.8. The van der Waals surface area contributed by atoms with Crippen molar-refractivity contribution in [2.24, 2.45) is 0 Å². The number of hydrogen-bond donors (Lipinski definition) is 1. The number of aromatic carboxylic acids is 1. The molecule has 0 bridgehead atoms. The average molecular weight is 276 g/mol. The molecule has 4 heteroatoms. The zero-order chi connectivity index (χ0) is 10.7. The van der Waals surface area contributed by atoms with Gasteiger partial charge in [-0.3, -0.25) is 0 Å². The molecule has 0 aromatic heterocycles. The molecule has 0 saturated heterocycles. The van der Waals surface area contributed by atoms with Gasteiger partial charge in [-0.15, -0.1) is 0 Å². The summed E-state index contributed by atoms with van der Waals surface area (Å²) in [5.74, 6) is -0.953. The third-order valence-corrected chi connectivity index (χ3v) is 2.31. The lowest BCUT2D eigenvalue weighted by Gasteiger charge is -2.05. The minimum Gasteiger partial charge on any atom is -0.478 e. The Morgan fingerprint density at radius 2 is 2.21 bits per heavy atom. The molecular formula is C10H8BrClO2. The highest BCUT2D eigenvalue weighted by Crippen LogP contribution is 2.20. The molecule has 0 atom stereocenters. The number of halogens is 2. The summed E-state index contributed by atoms with van der Waals surface area (Å²) in [5.41, 5.74) is 0.918. The lowest BCUT2D eigenvalue weighted by atomic mass is 10.0. The molecule has 0 aliphatic heterocycles. The SMILES string of the molecule is C=C(Cl)Cc1cc(Br)ccc1C(=O)O. The summed E-state index contributed by atoms with van der Waals surface area (Å²) >= 11 is 8.91. The van der Waals surface area contributed by atoms with E-state index < -0.39 is 5.97 Å². The van der Waals surface area contributed by atoms with Crippen LogP contribution in [0.15, 0.2) is 34.3 Å². The highest BCUT2D eigenvalue weighted by molar-refractivity contribution is 9.10. The molecule has 14 heavy (non-hydrogen) atoms. The number of carboxylic acids is 1. The summed E-state index contributed by atoms with van der Waals surface area (Å²) in [6.07, 6.45) is 0.364. The van der Waals surface area contributed by atoms with Crippen molar-refractivity contribution in [1.29, 1.82) is 0 Å². The van der Waals surface area contributed by atoms with Crippen LogP contribution in [-0.2, 0) is 6.42 Å². The second-order valence-electron chi connectivity index (χ2n) is 2.80. The number of carbonyl (C=O) groups is 1. The first kappa shape index (κ1) is 11.3. The second kappa shape index (κ2) is 4.62. The van der Waals surface area contributed by atoms with Crippen molar-refractivity contribution < 1.29 is 9.90 Å². The van der Waals surface area contributed by atoms with E-state index in [-0.39, 0.29) is 5.56 Å². The van der Waals surface area contributed by atoms with Crippen molar-refractivity contribution in [3.8, 4) is 0 Å². The van der Waals surface area contributed by atoms with Crippen LogP contribution in [0.1, 0.15) is 15.9 Å². The van der Waals surface area contributed by atoms with Gasteiger partial charge in [0.2, 0.25) is 0 Å². The Morgan fingerprint density at radius 3 is 2.71 bits per heavy atom. The van der Waals surface area contributed by atoms with Crippen molar-refractivity contribution in [3.05, 3.63) is 45.4 Å². The van der Waals surface area contributed by atoms with Gasteiger partial charge in [0.1, 0.15) is 0 Å². The normalized spacial score (nSPS) is 9.86. The van der Waals surface area contributed by atoms with Gasteiger partial charge in [-0.05, 0) is 23.8 Å². The van der Waals surface area contributed by atoms with Gasteiger partial charge in [-0.1, -0.05) is 34.1 Å². The fourth-order valence-corrected chi connectivity index (χ4v) is 1.68. The van der Waals surface area contributed by atoms with Crippen LogP contribution >= 0.6 is 27.5 Å². The quantitative estimate of drug-likeness (QED) is 0.917. The maximum Gasteiger partial charge on any atom is 0.335 e. The zero-order valence-electron chi connectivity index (χ0n) is 7.26. The van der Waals surface area contributed by atoms with Crippen LogP contribution in [0.25, 0.3) is 0 Å². The largest absolute Gasteiger partial charge is 0.478 e. The smallest absolute Gasteiger partial charge is 0.335 e. The van der Waals surface area contributed by atoms with Gasteiger partial charge in [0.05, 0.1) is 5.56 Å². The molecule has 0 saturated carbocycles. The Hall–Kier alpha value is -0.800. The number of rotatable bonds is 3. The van der Waals surface area contributed by atoms with Gasteiger partial charge in [0.25, 0.3) is 0 Å². The molecule has 0 spiro atoms. The molecule has 0 unspecified atom stereocenters. The number of carboxylic acid groups (broad SMARTS) is 1. The van der Waals surface area contributed by atoms with Crippen LogP contribution in [0, 0.1) is 0 Å². The summed E-state index contributed by atoms with van der Waals surface area (Å²) in [4.78, 5) is 10.8. The van der Waals surface area contributed by atoms with Gasteiger partial charge in [-0.2, -0.15) is 0 Å². The van der Waals surface area contributed by atoms with Gasteiger partial charge < -0.3 is 5.11 Å². The third kappa shape index (κ3) is 2.86. The zero-order valence-corrected chi connectivity index (χ0v) is 9.60. The minimum atomic E-state index is -0.953. The number of hydrogen-bond acceptors (Lipinski definition) is 1. The Balaban J connectivity index is 3.15. The average Bonchev–Trinajstić information content (AvgIpc) is 2.01. The van der Waals surface area contributed by atoms with Crippen LogP contribution in [0.5, 0.6) is 0 Å². The lowest BCUT2D eigenvalue weighted by Crippen LogP contribution is -2.02. The van der Waals surface area contributed by atoms with Gasteiger partial charge in [0.15, 0.2) is 0 Å². The van der Waals surface area contributed by atoms with Crippen LogP contribution in [0.3, 0.4) is 0 Å². The molecule has 0 aliphatic carbocycles. The molecule has 0 fully saturated rings. The third-order valence-electron chi connectivity index (χ3n) is 1.68. The second-order valence-corrected chi connectivity index (χ2v) is 4.25. The first-order valence-corrected chi connectivity index (χ1v) is 5.03. The van der Waals surface area contributed by atoms with Crippen molar-refractivity contribution in [3.63, 3.8) is 0 Å². The van der Waals surface area contributed by atoms with Crippen LogP contribution < -0.4 is 0 Å². The van der Waals surface area contributed by atoms with E-state index in [0.29, 0.717) is 17.0 Å². The molecule has 0 aliphatic rings. The molecule has 1 N–H and O–H groups in total. The highest BCUT2D eigenvalue weighted by atomic mass is 79.9. The Morgan fingerprint density at radius 1 is 1.57 bits per heavy atom. The van der Waals surface area contributed by atoms with E-state index in [4.69, 9.17) is 16.7 Å². The maximum absolute atomic E-state index is 10.8. The van der Waals surface area contributed by atoms with Crippen LogP contribution in [-0.4, -0.2) is 11.1 Å². The Bertz CT molecular complexity index is 388. The summed E-state index contributed by atoms with van der Waals surface area (Å²) in [7, 11) is 0. The monoisotopic (exact) mass is 274 g/mol. The summed E-state index contributed by atoms with van der Waals surface area (Å²) < 4.78 is 0.829. The van der Waals surface area contributed by atoms with E-state index in [1.54, 1.807) is 18.2 Å². The molecule has 0 amide bonds. The molecule has 74 valence electrons. The van der Waals surface area contributed by atoms with E-state index in [9.17, 15) is 4.79 Å². The van der Waals surface area contributed by atoms with E-state index in [1.807, 2.05) is 0 Å². The molecular weight excluding hydrogens is 267 g/mol. The fourth-order valence-electron chi connectivity index (χ4n) is 1.12. The first-order chi connectivity index (χ1) is 6.50. The van der Waals surface area contributed by atoms with Crippen molar-refractivity contribution in [2.45, 2.75) is 6.42 Å². The molecule has 0 heterocycles. The molecule has 2 nitrogen and oxygen atoms in total. The topological polar surface area (TPSA) is 37.3 Å². The fraction of sp³-hybridized carbons (Fsp3) is 0.100. The molecule has 1 aromatic carbocycles. The minimum absolute atomic E-state index is 0.259. The van der Waals surface area contributed by atoms with Crippen molar-refractivity contribution >= 4 is 33.5 Å². The molecule has 0 radical (unpaired) electrons. The Labute approximate surface area is 95.3 Å². The molecule has 1 rings (SSSR count). The van der Waals surface area contributed by atoms with Crippen LogP contribution in [0.4, 0.5) is 0 Å². The predicted molar refractivity (Wildman–Crippen MR) is 59.8 cm³/mol. The number of allylic oxidation sites excluding steroid dienone is 1. The molecule has 1 aromatic rings. The highest BCUT2D eigenvalue weighted by Gasteiger charge is 2.10.